The van der Waals surface area contributed by atoms with Crippen LogP contribution in [0.3, 0.4) is 0 Å². The first-order chi connectivity index (χ1) is 13.5. The minimum absolute atomic E-state index is 0.0297. The molecule has 0 spiro atoms. The van der Waals surface area contributed by atoms with E-state index in [2.05, 4.69) is 12.0 Å². The van der Waals surface area contributed by atoms with Gasteiger partial charge in [-0.2, -0.15) is 5.10 Å². The number of hydrazone groups is 1. The second kappa shape index (κ2) is 8.21. The van der Waals surface area contributed by atoms with Crippen LogP contribution >= 0.6 is 0 Å². The van der Waals surface area contributed by atoms with Crippen LogP contribution < -0.4 is 20.9 Å². The third kappa shape index (κ3) is 3.74. The smallest absolute Gasteiger partial charge is 0.243 e. The number of hydrogen-bond donors (Lipinski definition) is 2. The predicted octanol–water partition coefficient (Wildman–Crippen LogP) is 3.03. The predicted molar refractivity (Wildman–Crippen MR) is 110 cm³/mol. The van der Waals surface area contributed by atoms with Gasteiger partial charge in [-0.15, -0.1) is 0 Å². The Labute approximate surface area is 164 Å². The van der Waals surface area contributed by atoms with Gasteiger partial charge in [0, 0.05) is 17.9 Å². The van der Waals surface area contributed by atoms with Gasteiger partial charge in [0.1, 0.15) is 0 Å². The van der Waals surface area contributed by atoms with Gasteiger partial charge in [0.15, 0.2) is 11.5 Å². The maximum Gasteiger partial charge on any atom is 0.243 e. The van der Waals surface area contributed by atoms with Crippen LogP contribution in [0.4, 0.5) is 11.4 Å². The van der Waals surface area contributed by atoms with Gasteiger partial charge in [-0.3, -0.25) is 4.79 Å². The van der Waals surface area contributed by atoms with Crippen molar-refractivity contribution < 1.29 is 14.3 Å². The van der Waals surface area contributed by atoms with Crippen molar-refractivity contribution in [3.8, 4) is 11.5 Å². The summed E-state index contributed by atoms with van der Waals surface area (Å²) in [5.74, 6) is 1.29. The lowest BCUT2D eigenvalue weighted by molar-refractivity contribution is -0.133. The van der Waals surface area contributed by atoms with Crippen LogP contribution in [0.2, 0.25) is 0 Å². The highest BCUT2D eigenvalue weighted by Gasteiger charge is 2.30. The summed E-state index contributed by atoms with van der Waals surface area (Å²) in [6, 6.07) is 11.1. The molecule has 1 heterocycles. The van der Waals surface area contributed by atoms with E-state index in [1.165, 1.54) is 5.01 Å². The topological polar surface area (TPSA) is 103 Å². The van der Waals surface area contributed by atoms with E-state index in [0.717, 1.165) is 23.3 Å². The Kier molecular flexibility index (Phi) is 5.73. The number of nitrogens with zero attached hydrogens (tertiary/aromatic N) is 2. The molecule has 0 bridgehead atoms. The Hall–Kier alpha value is -3.22. The SMILES string of the molecule is CCC1CC(=O)N(Cc2cccc(N)c2N)N=C1c1ccc(OC)c(OC)c1. The Morgan fingerprint density at radius 3 is 2.57 bits per heavy atom. The molecule has 0 aliphatic carbocycles. The van der Waals surface area contributed by atoms with Crippen molar-refractivity contribution in [2.24, 2.45) is 11.0 Å². The first kappa shape index (κ1) is 19.5. The molecule has 0 fully saturated rings. The van der Waals surface area contributed by atoms with E-state index in [1.807, 2.05) is 30.3 Å². The fourth-order valence-electron chi connectivity index (χ4n) is 3.36. The van der Waals surface area contributed by atoms with Crippen molar-refractivity contribution in [2.75, 3.05) is 25.7 Å². The summed E-state index contributed by atoms with van der Waals surface area (Å²) in [6.07, 6.45) is 1.21. The maximum absolute atomic E-state index is 12.7. The third-order valence-electron chi connectivity index (χ3n) is 5.05. The molecule has 1 aliphatic heterocycles. The first-order valence-corrected chi connectivity index (χ1v) is 9.22. The van der Waals surface area contributed by atoms with E-state index in [0.29, 0.717) is 29.3 Å². The number of anilines is 2. The van der Waals surface area contributed by atoms with Gasteiger partial charge in [0.25, 0.3) is 0 Å². The number of carbonyl (C=O) groups is 1. The minimum Gasteiger partial charge on any atom is -0.493 e. The Morgan fingerprint density at radius 2 is 1.89 bits per heavy atom. The second-order valence-electron chi connectivity index (χ2n) is 6.74. The highest BCUT2D eigenvalue weighted by atomic mass is 16.5. The van der Waals surface area contributed by atoms with Crippen molar-refractivity contribution in [2.45, 2.75) is 26.3 Å². The lowest BCUT2D eigenvalue weighted by Crippen LogP contribution is -2.37. The maximum atomic E-state index is 12.7. The molecule has 2 aromatic rings. The lowest BCUT2D eigenvalue weighted by Gasteiger charge is -2.29. The van der Waals surface area contributed by atoms with Crippen molar-refractivity contribution in [1.29, 1.82) is 0 Å². The molecule has 148 valence electrons. The van der Waals surface area contributed by atoms with Crippen LogP contribution in [-0.4, -0.2) is 30.8 Å². The molecular weight excluding hydrogens is 356 g/mol. The van der Waals surface area contributed by atoms with Crippen LogP contribution in [0.1, 0.15) is 30.9 Å². The molecule has 1 atom stereocenters. The Morgan fingerprint density at radius 1 is 1.14 bits per heavy atom. The van der Waals surface area contributed by atoms with E-state index in [9.17, 15) is 4.79 Å². The molecule has 0 saturated carbocycles. The number of rotatable bonds is 6. The van der Waals surface area contributed by atoms with Crippen molar-refractivity contribution in [3.05, 3.63) is 47.5 Å². The van der Waals surface area contributed by atoms with Crippen molar-refractivity contribution in [1.82, 2.24) is 5.01 Å². The molecule has 1 unspecified atom stereocenters. The average molecular weight is 382 g/mol. The number of amides is 1. The number of nitrogen functional groups attached to an aromatic ring is 2. The van der Waals surface area contributed by atoms with Crippen molar-refractivity contribution in [3.63, 3.8) is 0 Å². The van der Waals surface area contributed by atoms with Gasteiger partial charge >= 0.3 is 0 Å². The third-order valence-corrected chi connectivity index (χ3v) is 5.05. The molecule has 0 saturated heterocycles. The highest BCUT2D eigenvalue weighted by Crippen LogP contribution is 2.32. The number of para-hydroxylation sites is 1. The minimum atomic E-state index is -0.0297. The van der Waals surface area contributed by atoms with E-state index < -0.39 is 0 Å². The zero-order chi connectivity index (χ0) is 20.3. The summed E-state index contributed by atoms with van der Waals surface area (Å²) in [7, 11) is 3.20. The number of nitrogens with two attached hydrogens (primary N) is 2. The number of methoxy groups -OCH3 is 2. The fourth-order valence-corrected chi connectivity index (χ4v) is 3.36. The first-order valence-electron chi connectivity index (χ1n) is 9.22. The normalized spacial score (nSPS) is 16.7. The molecule has 7 heteroatoms. The molecular formula is C21H26N4O3. The van der Waals surface area contributed by atoms with E-state index in [-0.39, 0.29) is 18.4 Å². The molecule has 28 heavy (non-hydrogen) atoms. The summed E-state index contributed by atoms with van der Waals surface area (Å²) in [6.45, 7) is 2.34. The molecule has 7 nitrogen and oxygen atoms in total. The average Bonchev–Trinajstić information content (AvgIpc) is 2.71. The van der Waals surface area contributed by atoms with Crippen molar-refractivity contribution >= 4 is 23.0 Å². The zero-order valence-electron chi connectivity index (χ0n) is 16.4. The van der Waals surface area contributed by atoms with Crippen LogP contribution in [0.25, 0.3) is 0 Å². The van der Waals surface area contributed by atoms with Crippen LogP contribution in [0, 0.1) is 5.92 Å². The monoisotopic (exact) mass is 382 g/mol. The van der Waals surface area contributed by atoms with Gasteiger partial charge in [0.05, 0.1) is 37.9 Å². The number of ether oxygens (including phenoxy) is 2. The summed E-state index contributed by atoms with van der Waals surface area (Å²) < 4.78 is 10.7. The van der Waals surface area contributed by atoms with Gasteiger partial charge in [-0.25, -0.2) is 5.01 Å². The summed E-state index contributed by atoms with van der Waals surface area (Å²) in [4.78, 5) is 12.7. The molecule has 0 aromatic heterocycles. The summed E-state index contributed by atoms with van der Waals surface area (Å²) in [5, 5.41) is 6.17. The fraction of sp³-hybridized carbons (Fsp3) is 0.333. The van der Waals surface area contributed by atoms with Gasteiger partial charge < -0.3 is 20.9 Å². The standard InChI is InChI=1S/C21H26N4O3/c1-4-13-11-19(26)25(12-15-6-5-7-16(22)20(15)23)24-21(13)14-8-9-17(27-2)18(10-14)28-3/h5-10,13H,4,11-12,22-23H2,1-3H3. The van der Waals surface area contributed by atoms with Gasteiger partial charge in [-0.05, 0) is 36.2 Å². The molecule has 0 radical (unpaired) electrons. The van der Waals surface area contributed by atoms with Crippen LogP contribution in [-0.2, 0) is 11.3 Å². The Bertz CT molecular complexity index is 911. The molecule has 1 amide bonds. The quantitative estimate of drug-likeness (QED) is 0.748. The van der Waals surface area contributed by atoms with Crippen LogP contribution in [0.15, 0.2) is 41.5 Å². The van der Waals surface area contributed by atoms with Gasteiger partial charge in [-0.1, -0.05) is 19.1 Å². The van der Waals surface area contributed by atoms with Crippen LogP contribution in [0.5, 0.6) is 11.5 Å². The molecule has 2 aromatic carbocycles. The molecule has 4 N–H and O–H groups in total. The number of benzene rings is 2. The number of hydrogen-bond acceptors (Lipinski definition) is 6. The summed E-state index contributed by atoms with van der Waals surface area (Å²) >= 11 is 0. The molecule has 3 rings (SSSR count). The van der Waals surface area contributed by atoms with E-state index in [4.69, 9.17) is 20.9 Å². The van der Waals surface area contributed by atoms with Gasteiger partial charge in [0.2, 0.25) is 5.91 Å². The second-order valence-corrected chi connectivity index (χ2v) is 6.74. The summed E-state index contributed by atoms with van der Waals surface area (Å²) in [5.41, 5.74) is 15.5. The zero-order valence-corrected chi connectivity index (χ0v) is 16.4. The Balaban J connectivity index is 1.99. The highest BCUT2D eigenvalue weighted by molar-refractivity contribution is 6.06. The lowest BCUT2D eigenvalue weighted by atomic mass is 9.89. The number of carbonyl (C=O) groups excluding carboxylic acids is 1. The van der Waals surface area contributed by atoms with E-state index in [1.54, 1.807) is 20.3 Å². The largest absolute Gasteiger partial charge is 0.493 e. The molecule has 1 aliphatic rings. The van der Waals surface area contributed by atoms with E-state index >= 15 is 0 Å².